The summed E-state index contributed by atoms with van der Waals surface area (Å²) in [5.41, 5.74) is 2.68. The molecule has 2 aromatic rings. The van der Waals surface area contributed by atoms with Gasteiger partial charge in [-0.3, -0.25) is 9.48 Å². The van der Waals surface area contributed by atoms with Crippen LogP contribution >= 0.6 is 0 Å². The first-order valence-electron chi connectivity index (χ1n) is 6.90. The largest absolute Gasteiger partial charge is 0.493 e. The zero-order valence-corrected chi connectivity index (χ0v) is 11.8. The topological polar surface area (TPSA) is 44.1 Å². The lowest BCUT2D eigenvalue weighted by molar-refractivity contribution is 0.0965. The number of aryl methyl sites for hydroxylation is 2. The Bertz CT molecular complexity index is 646. The van der Waals surface area contributed by atoms with Gasteiger partial charge in [-0.15, -0.1) is 0 Å². The Labute approximate surface area is 118 Å². The Morgan fingerprint density at radius 2 is 2.25 bits per heavy atom. The molecular weight excluding hydrogens is 252 g/mol. The number of carbonyl (C=O) groups excluding carboxylic acids is 1. The average molecular weight is 270 g/mol. The summed E-state index contributed by atoms with van der Waals surface area (Å²) >= 11 is 0. The third-order valence-electron chi connectivity index (χ3n) is 3.83. The molecule has 3 rings (SSSR count). The number of benzene rings is 1. The fourth-order valence-electron chi connectivity index (χ4n) is 2.84. The molecule has 0 N–H and O–H groups in total. The standard InChI is InChI=1S/C16H18N2O2/c1-11-14(10-18(2)17-11)15(19)9-12-7-8-20-16-6-4-3-5-13(12)16/h3-6,10,12H,7-9H2,1-2H3. The molecule has 0 fully saturated rings. The van der Waals surface area contributed by atoms with Crippen LogP contribution in [0.3, 0.4) is 0 Å². The molecule has 1 unspecified atom stereocenters. The maximum absolute atomic E-state index is 12.5. The van der Waals surface area contributed by atoms with Crippen LogP contribution in [0.25, 0.3) is 0 Å². The number of nitrogens with zero attached hydrogens (tertiary/aromatic N) is 2. The zero-order chi connectivity index (χ0) is 14.1. The Kier molecular flexibility index (Phi) is 3.30. The number of ether oxygens (including phenoxy) is 1. The Morgan fingerprint density at radius 3 is 3.00 bits per heavy atom. The molecule has 1 atom stereocenters. The second-order valence-corrected chi connectivity index (χ2v) is 5.30. The maximum atomic E-state index is 12.5. The molecule has 0 radical (unpaired) electrons. The minimum Gasteiger partial charge on any atom is -0.493 e. The van der Waals surface area contributed by atoms with Crippen molar-refractivity contribution in [3.63, 3.8) is 0 Å². The van der Waals surface area contributed by atoms with Crippen LogP contribution in [0.15, 0.2) is 30.5 Å². The lowest BCUT2D eigenvalue weighted by Gasteiger charge is -2.25. The molecule has 1 aliphatic rings. The summed E-state index contributed by atoms with van der Waals surface area (Å²) in [6, 6.07) is 8.00. The van der Waals surface area contributed by atoms with Gasteiger partial charge in [0, 0.05) is 19.7 Å². The molecule has 1 aromatic carbocycles. The van der Waals surface area contributed by atoms with Gasteiger partial charge in [-0.25, -0.2) is 0 Å². The Hall–Kier alpha value is -2.10. The first-order chi connectivity index (χ1) is 9.65. The molecule has 0 saturated carbocycles. The van der Waals surface area contributed by atoms with Gasteiger partial charge in [-0.1, -0.05) is 18.2 Å². The number of Topliss-reactive ketones (excluding diaryl/α,β-unsaturated/α-hetero) is 1. The van der Waals surface area contributed by atoms with Crippen molar-refractivity contribution in [1.29, 1.82) is 0 Å². The first-order valence-corrected chi connectivity index (χ1v) is 6.90. The van der Waals surface area contributed by atoms with Crippen LogP contribution < -0.4 is 4.74 Å². The normalized spacial score (nSPS) is 17.4. The van der Waals surface area contributed by atoms with Gasteiger partial charge < -0.3 is 4.74 Å². The molecular formula is C16H18N2O2. The predicted octanol–water partition coefficient (Wildman–Crippen LogP) is 2.87. The third-order valence-corrected chi connectivity index (χ3v) is 3.83. The fourth-order valence-corrected chi connectivity index (χ4v) is 2.84. The van der Waals surface area contributed by atoms with Crippen LogP contribution in [0, 0.1) is 6.92 Å². The van der Waals surface area contributed by atoms with Crippen LogP contribution in [0.2, 0.25) is 0 Å². The highest BCUT2D eigenvalue weighted by molar-refractivity contribution is 5.97. The van der Waals surface area contributed by atoms with E-state index in [4.69, 9.17) is 4.74 Å². The van der Waals surface area contributed by atoms with Gasteiger partial charge in [0.1, 0.15) is 5.75 Å². The van der Waals surface area contributed by atoms with E-state index in [0.29, 0.717) is 13.0 Å². The van der Waals surface area contributed by atoms with Gasteiger partial charge in [-0.2, -0.15) is 5.10 Å². The summed E-state index contributed by atoms with van der Waals surface area (Å²) in [6.07, 6.45) is 3.22. The lowest BCUT2D eigenvalue weighted by Crippen LogP contribution is -2.17. The third kappa shape index (κ3) is 2.33. The van der Waals surface area contributed by atoms with E-state index in [-0.39, 0.29) is 11.7 Å². The molecule has 1 aliphatic heterocycles. The van der Waals surface area contributed by atoms with Crippen LogP contribution in [0.1, 0.15) is 40.4 Å². The van der Waals surface area contributed by atoms with Gasteiger partial charge in [0.15, 0.2) is 5.78 Å². The van der Waals surface area contributed by atoms with E-state index in [1.54, 1.807) is 4.68 Å². The molecule has 0 spiro atoms. The van der Waals surface area contributed by atoms with Crippen molar-refractivity contribution in [3.8, 4) is 5.75 Å². The fraction of sp³-hybridized carbons (Fsp3) is 0.375. The van der Waals surface area contributed by atoms with Crippen molar-refractivity contribution < 1.29 is 9.53 Å². The van der Waals surface area contributed by atoms with Gasteiger partial charge >= 0.3 is 0 Å². The SMILES string of the molecule is Cc1nn(C)cc1C(=O)CC1CCOc2ccccc21. The Morgan fingerprint density at radius 1 is 1.45 bits per heavy atom. The highest BCUT2D eigenvalue weighted by Crippen LogP contribution is 2.36. The molecule has 0 aliphatic carbocycles. The van der Waals surface area contributed by atoms with Crippen molar-refractivity contribution in [3.05, 3.63) is 47.3 Å². The predicted molar refractivity (Wildman–Crippen MR) is 76.2 cm³/mol. The lowest BCUT2D eigenvalue weighted by atomic mass is 9.87. The smallest absolute Gasteiger partial charge is 0.166 e. The second kappa shape index (κ2) is 5.12. The van der Waals surface area contributed by atoms with Gasteiger partial charge in [0.25, 0.3) is 0 Å². The van der Waals surface area contributed by atoms with E-state index < -0.39 is 0 Å². The zero-order valence-electron chi connectivity index (χ0n) is 11.8. The molecule has 1 aromatic heterocycles. The van der Waals surface area contributed by atoms with Crippen LogP contribution in [-0.2, 0) is 7.05 Å². The van der Waals surface area contributed by atoms with Crippen molar-refractivity contribution in [2.75, 3.05) is 6.61 Å². The van der Waals surface area contributed by atoms with Crippen LogP contribution in [-0.4, -0.2) is 22.2 Å². The number of hydrogen-bond donors (Lipinski definition) is 0. The average Bonchev–Trinajstić information content (AvgIpc) is 2.78. The first kappa shape index (κ1) is 12.9. The van der Waals surface area contributed by atoms with E-state index in [9.17, 15) is 4.79 Å². The quantitative estimate of drug-likeness (QED) is 0.805. The number of fused-ring (bicyclic) bond motifs is 1. The minimum atomic E-state index is 0.164. The van der Waals surface area contributed by atoms with Crippen molar-refractivity contribution in [1.82, 2.24) is 9.78 Å². The van der Waals surface area contributed by atoms with E-state index in [0.717, 1.165) is 29.0 Å². The summed E-state index contributed by atoms with van der Waals surface area (Å²) in [7, 11) is 1.84. The molecule has 0 bridgehead atoms. The highest BCUT2D eigenvalue weighted by Gasteiger charge is 2.25. The number of hydrogen-bond acceptors (Lipinski definition) is 3. The van der Waals surface area contributed by atoms with Gasteiger partial charge in [0.05, 0.1) is 17.9 Å². The van der Waals surface area contributed by atoms with Crippen molar-refractivity contribution in [2.45, 2.75) is 25.7 Å². The van der Waals surface area contributed by atoms with Crippen molar-refractivity contribution in [2.24, 2.45) is 7.05 Å². The van der Waals surface area contributed by atoms with Crippen LogP contribution in [0.4, 0.5) is 0 Å². The summed E-state index contributed by atoms with van der Waals surface area (Å²) < 4.78 is 7.34. The molecule has 0 amide bonds. The van der Waals surface area contributed by atoms with E-state index in [1.807, 2.05) is 38.4 Å². The monoisotopic (exact) mass is 270 g/mol. The number of para-hydroxylation sites is 1. The number of aromatic nitrogens is 2. The number of ketones is 1. The van der Waals surface area contributed by atoms with Gasteiger partial charge in [-0.05, 0) is 30.9 Å². The number of rotatable bonds is 3. The summed E-state index contributed by atoms with van der Waals surface area (Å²) in [6.45, 7) is 2.56. The van der Waals surface area contributed by atoms with E-state index in [2.05, 4.69) is 11.2 Å². The minimum absolute atomic E-state index is 0.164. The summed E-state index contributed by atoms with van der Waals surface area (Å²) in [5.74, 6) is 1.32. The second-order valence-electron chi connectivity index (χ2n) is 5.30. The number of carbonyl (C=O) groups is 1. The Balaban J connectivity index is 1.82. The maximum Gasteiger partial charge on any atom is 0.166 e. The summed E-state index contributed by atoms with van der Waals surface area (Å²) in [4.78, 5) is 12.5. The highest BCUT2D eigenvalue weighted by atomic mass is 16.5. The molecule has 0 saturated heterocycles. The van der Waals surface area contributed by atoms with Gasteiger partial charge in [0.2, 0.25) is 0 Å². The molecule has 104 valence electrons. The van der Waals surface area contributed by atoms with E-state index in [1.165, 1.54) is 0 Å². The molecule has 20 heavy (non-hydrogen) atoms. The van der Waals surface area contributed by atoms with Crippen LogP contribution in [0.5, 0.6) is 5.75 Å². The molecule has 2 heterocycles. The van der Waals surface area contributed by atoms with Crippen molar-refractivity contribution >= 4 is 5.78 Å². The molecule has 4 heteroatoms. The summed E-state index contributed by atoms with van der Waals surface area (Å²) in [5, 5.41) is 4.24. The molecule has 4 nitrogen and oxygen atoms in total. The van der Waals surface area contributed by atoms with E-state index >= 15 is 0 Å².